The summed E-state index contributed by atoms with van der Waals surface area (Å²) in [5.41, 5.74) is 2.48. The molecule has 0 fully saturated rings. The van der Waals surface area contributed by atoms with E-state index >= 15 is 0 Å². The molecule has 1 N–H and O–H groups in total. The minimum atomic E-state index is -0.167. The lowest BCUT2D eigenvalue weighted by molar-refractivity contribution is -0.113. The second-order valence-corrected chi connectivity index (χ2v) is 7.88. The van der Waals surface area contributed by atoms with Gasteiger partial charge in [0, 0.05) is 23.1 Å². The zero-order valence-electron chi connectivity index (χ0n) is 14.7. The van der Waals surface area contributed by atoms with Crippen molar-refractivity contribution in [1.29, 1.82) is 0 Å². The van der Waals surface area contributed by atoms with Gasteiger partial charge in [0.2, 0.25) is 5.91 Å². The van der Waals surface area contributed by atoms with Crippen molar-refractivity contribution < 1.29 is 14.3 Å². The summed E-state index contributed by atoms with van der Waals surface area (Å²) in [5.74, 6) is 1.00. The van der Waals surface area contributed by atoms with Gasteiger partial charge < -0.3 is 14.8 Å². The number of nitrogens with one attached hydrogen (secondary N) is 1. The Morgan fingerprint density at radius 1 is 1.19 bits per heavy atom. The maximum Gasteiger partial charge on any atom is 0.234 e. The molecule has 0 aliphatic rings. The minimum absolute atomic E-state index is 0.167. The normalized spacial score (nSPS) is 10.5. The zero-order chi connectivity index (χ0) is 19.2. The van der Waals surface area contributed by atoms with E-state index in [1.165, 1.54) is 37.3 Å². The van der Waals surface area contributed by atoms with Crippen LogP contribution in [0.15, 0.2) is 52.2 Å². The Hall–Kier alpha value is -2.22. The van der Waals surface area contributed by atoms with Gasteiger partial charge in [0.25, 0.3) is 0 Å². The molecule has 3 aromatic rings. The fraction of sp³-hybridized carbons (Fsp3) is 0.158. The highest BCUT2D eigenvalue weighted by Gasteiger charge is 2.14. The van der Waals surface area contributed by atoms with Gasteiger partial charge in [0.05, 0.1) is 36.4 Å². The molecule has 8 heteroatoms. The van der Waals surface area contributed by atoms with E-state index in [-0.39, 0.29) is 11.7 Å². The first-order valence-corrected chi connectivity index (χ1v) is 10.2. The van der Waals surface area contributed by atoms with Crippen molar-refractivity contribution in [3.05, 3.63) is 52.9 Å². The molecule has 0 spiro atoms. The topological polar surface area (TPSA) is 60.5 Å². The van der Waals surface area contributed by atoms with Crippen LogP contribution in [0.3, 0.4) is 0 Å². The Labute approximate surface area is 170 Å². The van der Waals surface area contributed by atoms with Crippen LogP contribution in [-0.2, 0) is 4.79 Å². The lowest BCUT2D eigenvalue weighted by atomic mass is 10.2. The molecule has 0 radical (unpaired) electrons. The average molecular weight is 421 g/mol. The highest BCUT2D eigenvalue weighted by Crippen LogP contribution is 2.36. The van der Waals surface area contributed by atoms with E-state index in [9.17, 15) is 4.79 Å². The van der Waals surface area contributed by atoms with Gasteiger partial charge in [-0.05, 0) is 0 Å². The van der Waals surface area contributed by atoms with Crippen LogP contribution in [0.1, 0.15) is 0 Å². The van der Waals surface area contributed by atoms with Crippen LogP contribution < -0.4 is 14.8 Å². The molecule has 5 nitrogen and oxygen atoms in total. The molecule has 0 aliphatic carbocycles. The molecule has 0 saturated carbocycles. The van der Waals surface area contributed by atoms with Crippen LogP contribution in [0.25, 0.3) is 11.3 Å². The fourth-order valence-corrected chi connectivity index (χ4v) is 4.20. The third kappa shape index (κ3) is 4.94. The molecule has 1 heterocycles. The summed E-state index contributed by atoms with van der Waals surface area (Å²) in [7, 11) is 3.03. The number of halogens is 1. The highest BCUT2D eigenvalue weighted by atomic mass is 35.5. The third-order valence-corrected chi connectivity index (χ3v) is 5.94. The number of rotatable bonds is 7. The second-order valence-electron chi connectivity index (χ2n) is 5.39. The quantitative estimate of drug-likeness (QED) is 0.531. The van der Waals surface area contributed by atoms with Crippen molar-refractivity contribution in [2.75, 3.05) is 25.3 Å². The van der Waals surface area contributed by atoms with E-state index in [1.54, 1.807) is 12.1 Å². The molecule has 1 amide bonds. The molecule has 0 atom stereocenters. The van der Waals surface area contributed by atoms with Gasteiger partial charge >= 0.3 is 0 Å². The molecular weight excluding hydrogens is 404 g/mol. The Balaban J connectivity index is 1.63. The lowest BCUT2D eigenvalue weighted by Crippen LogP contribution is -2.14. The first kappa shape index (κ1) is 19.5. The fourth-order valence-electron chi connectivity index (χ4n) is 2.34. The Kier molecular flexibility index (Phi) is 6.60. The van der Waals surface area contributed by atoms with E-state index in [2.05, 4.69) is 10.3 Å². The van der Waals surface area contributed by atoms with Gasteiger partial charge in [0.1, 0.15) is 11.5 Å². The van der Waals surface area contributed by atoms with E-state index in [0.29, 0.717) is 22.2 Å². The maximum absolute atomic E-state index is 12.3. The summed E-state index contributed by atoms with van der Waals surface area (Å²) in [6.45, 7) is 0. The zero-order valence-corrected chi connectivity index (χ0v) is 17.1. The van der Waals surface area contributed by atoms with Crippen molar-refractivity contribution in [3.8, 4) is 22.8 Å². The number of benzene rings is 2. The number of methoxy groups -OCH3 is 2. The number of hydrogen-bond donors (Lipinski definition) is 1. The molecule has 0 bridgehead atoms. The molecule has 1 aromatic heterocycles. The van der Waals surface area contributed by atoms with E-state index < -0.39 is 0 Å². The van der Waals surface area contributed by atoms with Crippen LogP contribution in [0.2, 0.25) is 5.02 Å². The van der Waals surface area contributed by atoms with Crippen LogP contribution in [0.4, 0.5) is 5.69 Å². The predicted molar refractivity (Wildman–Crippen MR) is 111 cm³/mol. The second kappa shape index (κ2) is 9.12. The van der Waals surface area contributed by atoms with Crippen molar-refractivity contribution in [2.24, 2.45) is 0 Å². The number of thiazole rings is 1. The summed E-state index contributed by atoms with van der Waals surface area (Å²) < 4.78 is 11.3. The monoisotopic (exact) mass is 420 g/mol. The number of thioether (sulfide) groups is 1. The Bertz CT molecular complexity index is 932. The molecule has 0 aliphatic heterocycles. The van der Waals surface area contributed by atoms with Crippen molar-refractivity contribution in [3.63, 3.8) is 0 Å². The largest absolute Gasteiger partial charge is 0.495 e. The summed E-state index contributed by atoms with van der Waals surface area (Å²) in [6, 6.07) is 13.2. The molecule has 2 aromatic carbocycles. The van der Waals surface area contributed by atoms with Gasteiger partial charge in [0.15, 0.2) is 4.34 Å². The SMILES string of the molecule is COc1cc(NC(=O)CSc2nc(-c3ccccc3)cs2)c(OC)cc1Cl. The summed E-state index contributed by atoms with van der Waals surface area (Å²) in [6.07, 6.45) is 0. The number of hydrogen-bond acceptors (Lipinski definition) is 6. The van der Waals surface area contributed by atoms with Crippen LogP contribution >= 0.6 is 34.7 Å². The molecule has 0 saturated heterocycles. The first-order chi connectivity index (χ1) is 13.1. The number of amides is 1. The Morgan fingerprint density at radius 3 is 2.63 bits per heavy atom. The molecule has 3 rings (SSSR count). The van der Waals surface area contributed by atoms with Crippen LogP contribution in [-0.4, -0.2) is 30.9 Å². The number of carbonyl (C=O) groups is 1. The predicted octanol–water partition coefficient (Wildman–Crippen LogP) is 5.21. The van der Waals surface area contributed by atoms with E-state index in [1.807, 2.05) is 35.7 Å². The standard InChI is InChI=1S/C19H17ClN2O3S2/c1-24-16-9-14(17(25-2)8-13(16)20)21-18(23)11-27-19-22-15(10-26-19)12-6-4-3-5-7-12/h3-10H,11H2,1-2H3,(H,21,23). The van der Waals surface area contributed by atoms with Crippen LogP contribution in [0.5, 0.6) is 11.5 Å². The highest BCUT2D eigenvalue weighted by molar-refractivity contribution is 8.01. The number of anilines is 1. The average Bonchev–Trinajstić information content (AvgIpc) is 3.17. The molecule has 27 heavy (non-hydrogen) atoms. The number of carbonyl (C=O) groups excluding carboxylic acids is 1. The van der Waals surface area contributed by atoms with Gasteiger partial charge in [-0.15, -0.1) is 11.3 Å². The summed E-state index contributed by atoms with van der Waals surface area (Å²) >= 11 is 8.99. The van der Waals surface area contributed by atoms with Gasteiger partial charge in [-0.2, -0.15) is 0 Å². The molecular formula is C19H17ClN2O3S2. The Morgan fingerprint density at radius 2 is 1.93 bits per heavy atom. The van der Waals surface area contributed by atoms with Gasteiger partial charge in [-0.25, -0.2) is 4.98 Å². The van der Waals surface area contributed by atoms with Crippen molar-refractivity contribution in [2.45, 2.75) is 4.34 Å². The summed E-state index contributed by atoms with van der Waals surface area (Å²) in [5, 5.41) is 5.23. The molecule has 140 valence electrons. The maximum atomic E-state index is 12.3. The minimum Gasteiger partial charge on any atom is -0.495 e. The number of ether oxygens (including phenoxy) is 2. The van der Waals surface area contributed by atoms with Crippen molar-refractivity contribution >= 4 is 46.3 Å². The number of aromatic nitrogens is 1. The van der Waals surface area contributed by atoms with Gasteiger partial charge in [-0.3, -0.25) is 4.79 Å². The smallest absolute Gasteiger partial charge is 0.234 e. The van der Waals surface area contributed by atoms with Crippen molar-refractivity contribution in [1.82, 2.24) is 4.98 Å². The van der Waals surface area contributed by atoms with Gasteiger partial charge in [-0.1, -0.05) is 53.7 Å². The summed E-state index contributed by atoms with van der Waals surface area (Å²) in [4.78, 5) is 16.9. The number of nitrogens with zero attached hydrogens (tertiary/aromatic N) is 1. The lowest BCUT2D eigenvalue weighted by Gasteiger charge is -2.12. The van der Waals surface area contributed by atoms with E-state index in [0.717, 1.165) is 15.6 Å². The molecule has 0 unspecified atom stereocenters. The van der Waals surface area contributed by atoms with Crippen LogP contribution in [0, 0.1) is 0 Å². The third-order valence-electron chi connectivity index (χ3n) is 3.63. The van der Waals surface area contributed by atoms with E-state index in [4.69, 9.17) is 21.1 Å². The first-order valence-electron chi connectivity index (χ1n) is 7.96.